The standard InChI is InChI=1S/C25H27ClF2N8O3/c1-15-9-20(26)19(16(2)31-15)12-23(37)36-8-7-33(5-4-30-36)24-21(27)10-17(11-22(24)28)35-14-18(39-25(35)38)13-34-6-3-29-32-34/h3,6,9-11,18,30H,4-5,7-8,12-14H2,1-2H3/t18-/m0/s1. The smallest absolute Gasteiger partial charge is 0.414 e. The van der Waals surface area contributed by atoms with E-state index in [0.29, 0.717) is 16.3 Å². The number of hydrogen-bond acceptors (Lipinski definition) is 8. The Balaban J connectivity index is 1.25. The summed E-state index contributed by atoms with van der Waals surface area (Å²) in [6.45, 7) is 4.94. The Kier molecular flexibility index (Phi) is 7.62. The highest BCUT2D eigenvalue weighted by Gasteiger charge is 2.34. The number of halogens is 3. The average molecular weight is 561 g/mol. The minimum absolute atomic E-state index is 0.0478. The van der Waals surface area contributed by atoms with Gasteiger partial charge in [0.25, 0.3) is 0 Å². The molecule has 39 heavy (non-hydrogen) atoms. The lowest BCUT2D eigenvalue weighted by atomic mass is 10.1. The second-order valence-electron chi connectivity index (χ2n) is 9.43. The van der Waals surface area contributed by atoms with E-state index in [2.05, 4.69) is 20.7 Å². The average Bonchev–Trinajstić information content (AvgIpc) is 3.44. The molecule has 2 aliphatic rings. The molecule has 1 N–H and O–H groups in total. The molecule has 3 aromatic rings. The number of rotatable bonds is 6. The maximum absolute atomic E-state index is 15.3. The summed E-state index contributed by atoms with van der Waals surface area (Å²) in [5.74, 6) is -1.85. The summed E-state index contributed by atoms with van der Waals surface area (Å²) >= 11 is 6.34. The summed E-state index contributed by atoms with van der Waals surface area (Å²) in [4.78, 5) is 32.5. The number of hydrogen-bond donors (Lipinski definition) is 1. The van der Waals surface area contributed by atoms with Crippen LogP contribution < -0.4 is 15.2 Å². The van der Waals surface area contributed by atoms with Gasteiger partial charge in [-0.2, -0.15) is 0 Å². The zero-order valence-corrected chi connectivity index (χ0v) is 22.2. The molecule has 0 radical (unpaired) electrons. The van der Waals surface area contributed by atoms with Crippen molar-refractivity contribution in [1.29, 1.82) is 0 Å². The monoisotopic (exact) mass is 560 g/mol. The Morgan fingerprint density at radius 1 is 1.18 bits per heavy atom. The van der Waals surface area contributed by atoms with Gasteiger partial charge >= 0.3 is 6.09 Å². The van der Waals surface area contributed by atoms with Crippen molar-refractivity contribution in [2.24, 2.45) is 0 Å². The van der Waals surface area contributed by atoms with Crippen LogP contribution in [-0.4, -0.2) is 75.8 Å². The van der Waals surface area contributed by atoms with E-state index in [0.717, 1.165) is 17.8 Å². The minimum Gasteiger partial charge on any atom is -0.442 e. The molecule has 11 nitrogen and oxygen atoms in total. The fourth-order valence-electron chi connectivity index (χ4n) is 4.81. The van der Waals surface area contributed by atoms with Crippen molar-refractivity contribution in [3.8, 4) is 0 Å². The molecule has 0 aliphatic carbocycles. The quantitative estimate of drug-likeness (QED) is 0.490. The van der Waals surface area contributed by atoms with E-state index < -0.39 is 23.8 Å². The topological polar surface area (TPSA) is 109 Å². The number of cyclic esters (lactones) is 1. The molecule has 1 aromatic carbocycles. The second kappa shape index (κ2) is 11.1. The maximum atomic E-state index is 15.3. The highest BCUT2D eigenvalue weighted by Crippen LogP contribution is 2.31. The molecule has 206 valence electrons. The van der Waals surface area contributed by atoms with Gasteiger partial charge in [-0.1, -0.05) is 16.8 Å². The van der Waals surface area contributed by atoms with E-state index >= 15 is 8.78 Å². The van der Waals surface area contributed by atoms with E-state index in [1.807, 2.05) is 6.92 Å². The van der Waals surface area contributed by atoms with Gasteiger partial charge in [-0.25, -0.2) is 23.7 Å². The highest BCUT2D eigenvalue weighted by atomic mass is 35.5. The van der Waals surface area contributed by atoms with Crippen LogP contribution >= 0.6 is 11.6 Å². The Labute approximate surface area is 228 Å². The molecule has 2 aliphatic heterocycles. The van der Waals surface area contributed by atoms with Crippen LogP contribution in [0.5, 0.6) is 0 Å². The predicted molar refractivity (Wildman–Crippen MR) is 138 cm³/mol. The van der Waals surface area contributed by atoms with Crippen molar-refractivity contribution < 1.29 is 23.1 Å². The van der Waals surface area contributed by atoms with Crippen LogP contribution in [0, 0.1) is 25.5 Å². The first-order chi connectivity index (χ1) is 18.7. The number of aryl methyl sites for hydroxylation is 2. The maximum Gasteiger partial charge on any atom is 0.414 e. The summed E-state index contributed by atoms with van der Waals surface area (Å²) in [6, 6.07) is 3.95. The molecule has 1 atom stereocenters. The van der Waals surface area contributed by atoms with Gasteiger partial charge in [-0.05, 0) is 19.9 Å². The number of amides is 2. The van der Waals surface area contributed by atoms with Gasteiger partial charge in [0.05, 0.1) is 37.9 Å². The van der Waals surface area contributed by atoms with E-state index in [4.69, 9.17) is 16.3 Å². The molecular weight excluding hydrogens is 534 g/mol. The number of carbonyl (C=O) groups is 2. The lowest BCUT2D eigenvalue weighted by Crippen LogP contribution is -2.44. The van der Waals surface area contributed by atoms with Crippen molar-refractivity contribution in [2.75, 3.05) is 42.5 Å². The van der Waals surface area contributed by atoms with Crippen molar-refractivity contribution in [3.05, 3.63) is 64.2 Å². The van der Waals surface area contributed by atoms with Crippen molar-refractivity contribution in [1.82, 2.24) is 30.4 Å². The SMILES string of the molecule is Cc1cc(Cl)c(CC(=O)N2CCN(c3c(F)cc(N4C[C@H](Cn5ccnn5)OC4=O)cc3F)CCN2)c(C)n1. The van der Waals surface area contributed by atoms with Crippen LogP contribution in [0.25, 0.3) is 0 Å². The number of hydrazine groups is 1. The molecule has 14 heteroatoms. The lowest BCUT2D eigenvalue weighted by molar-refractivity contribution is -0.133. The van der Waals surface area contributed by atoms with Gasteiger partial charge in [0.1, 0.15) is 11.8 Å². The first-order valence-electron chi connectivity index (χ1n) is 12.4. The van der Waals surface area contributed by atoms with E-state index in [-0.39, 0.29) is 63.0 Å². The zero-order valence-electron chi connectivity index (χ0n) is 21.4. The third-order valence-corrected chi connectivity index (χ3v) is 7.02. The number of nitrogens with zero attached hydrogens (tertiary/aromatic N) is 7. The van der Waals surface area contributed by atoms with E-state index in [1.54, 1.807) is 19.2 Å². The first kappa shape index (κ1) is 26.8. The largest absolute Gasteiger partial charge is 0.442 e. The third-order valence-electron chi connectivity index (χ3n) is 6.68. The molecule has 2 aromatic heterocycles. The molecule has 5 rings (SSSR count). The molecule has 0 unspecified atom stereocenters. The zero-order chi connectivity index (χ0) is 27.7. The van der Waals surface area contributed by atoms with Gasteiger partial charge in [0.2, 0.25) is 5.91 Å². The van der Waals surface area contributed by atoms with Gasteiger partial charge in [-0.3, -0.25) is 19.7 Å². The summed E-state index contributed by atoms with van der Waals surface area (Å²) in [6.07, 6.45) is 1.94. The Morgan fingerprint density at radius 2 is 1.95 bits per heavy atom. The van der Waals surface area contributed by atoms with Gasteiger partial charge in [0, 0.05) is 59.9 Å². The highest BCUT2D eigenvalue weighted by molar-refractivity contribution is 6.31. The normalized spacial score (nSPS) is 17.9. The second-order valence-corrected chi connectivity index (χ2v) is 9.83. The number of ether oxygens (including phenoxy) is 1. The number of nitrogens with one attached hydrogen (secondary N) is 1. The van der Waals surface area contributed by atoms with Crippen molar-refractivity contribution in [3.63, 3.8) is 0 Å². The molecular formula is C25H27ClF2N8O3. The van der Waals surface area contributed by atoms with E-state index in [1.165, 1.54) is 25.7 Å². The third kappa shape index (κ3) is 5.78. The number of benzene rings is 1. The van der Waals surface area contributed by atoms with Crippen LogP contribution in [0.4, 0.5) is 25.0 Å². The fraction of sp³-hybridized carbons (Fsp3) is 0.400. The van der Waals surface area contributed by atoms with Crippen LogP contribution in [0.1, 0.15) is 17.0 Å². The Hall–Kier alpha value is -3.84. The van der Waals surface area contributed by atoms with Crippen LogP contribution in [-0.2, 0) is 22.5 Å². The van der Waals surface area contributed by atoms with Crippen molar-refractivity contribution in [2.45, 2.75) is 32.9 Å². The molecule has 2 fully saturated rings. The number of anilines is 2. The number of pyridine rings is 1. The summed E-state index contributed by atoms with van der Waals surface area (Å²) < 4.78 is 37.4. The van der Waals surface area contributed by atoms with Gasteiger partial charge < -0.3 is 9.64 Å². The predicted octanol–water partition coefficient (Wildman–Crippen LogP) is 2.64. The summed E-state index contributed by atoms with van der Waals surface area (Å²) in [5, 5.41) is 9.46. The molecule has 4 heterocycles. The van der Waals surface area contributed by atoms with Gasteiger partial charge in [0.15, 0.2) is 11.6 Å². The Morgan fingerprint density at radius 3 is 2.64 bits per heavy atom. The van der Waals surface area contributed by atoms with Crippen LogP contribution in [0.2, 0.25) is 5.02 Å². The summed E-state index contributed by atoms with van der Waals surface area (Å²) in [5.41, 5.74) is 4.96. The molecule has 0 saturated carbocycles. The Bertz CT molecular complexity index is 1340. The van der Waals surface area contributed by atoms with Crippen molar-refractivity contribution >= 4 is 35.0 Å². The molecule has 2 saturated heterocycles. The molecule has 2 amide bonds. The summed E-state index contributed by atoms with van der Waals surface area (Å²) in [7, 11) is 0. The van der Waals surface area contributed by atoms with E-state index in [9.17, 15) is 9.59 Å². The fourth-order valence-corrected chi connectivity index (χ4v) is 5.17. The molecule has 0 bridgehead atoms. The molecule has 0 spiro atoms. The first-order valence-corrected chi connectivity index (χ1v) is 12.8. The number of aromatic nitrogens is 4. The van der Waals surface area contributed by atoms with Gasteiger partial charge in [-0.15, -0.1) is 5.10 Å². The minimum atomic E-state index is -0.814. The number of carbonyl (C=O) groups excluding carboxylic acids is 2. The lowest BCUT2D eigenvalue weighted by Gasteiger charge is -2.25. The van der Waals surface area contributed by atoms with Crippen LogP contribution in [0.3, 0.4) is 0 Å². The van der Waals surface area contributed by atoms with Crippen LogP contribution in [0.15, 0.2) is 30.6 Å².